The van der Waals surface area contributed by atoms with Crippen LogP contribution in [0.1, 0.15) is 63.8 Å². The van der Waals surface area contributed by atoms with Gasteiger partial charge in [0, 0.05) is 16.8 Å². The third kappa shape index (κ3) is 4.26. The fraction of sp³-hybridized carbons (Fsp3) is 0.276. The summed E-state index contributed by atoms with van der Waals surface area (Å²) in [5.41, 5.74) is 17.3. The van der Waals surface area contributed by atoms with Gasteiger partial charge in [0.2, 0.25) is 0 Å². The van der Waals surface area contributed by atoms with Gasteiger partial charge in [-0.2, -0.15) is 0 Å². The van der Waals surface area contributed by atoms with E-state index in [9.17, 15) is 0 Å². The molecule has 3 heteroatoms. The van der Waals surface area contributed by atoms with E-state index in [0.29, 0.717) is 41.9 Å². The van der Waals surface area contributed by atoms with Crippen molar-refractivity contribution in [1.29, 1.82) is 0 Å². The summed E-state index contributed by atoms with van der Waals surface area (Å²) in [6.45, 7) is 16.1. The second-order valence-electron chi connectivity index (χ2n) is 20.9. The maximum atomic E-state index is 2.76. The van der Waals surface area contributed by atoms with E-state index in [2.05, 4.69) is 227 Å². The van der Waals surface area contributed by atoms with Crippen LogP contribution in [0.25, 0.3) is 0 Å². The molecular formula is C58H53BN2. The minimum Gasteiger partial charge on any atom is -0.310 e. The van der Waals surface area contributed by atoms with Crippen LogP contribution in [0.3, 0.4) is 0 Å². The summed E-state index contributed by atoms with van der Waals surface area (Å²) in [5.74, 6) is 2.92. The SMILES string of the molecule is CC1(C)C2=CC=CC3C2B2C4C1=CC=CC4C(C)(C)C1C=C(N4c5ccccc5C5(c6ccccc64)c4ccccc4N(c4ccccc4)c4ccccc45)C=C(C21)C3(C)C. The van der Waals surface area contributed by atoms with Crippen molar-refractivity contribution >= 4 is 35.1 Å². The maximum Gasteiger partial charge on any atom is 0.165 e. The Morgan fingerprint density at radius 2 is 0.902 bits per heavy atom. The number of hydrogen-bond acceptors (Lipinski definition) is 2. The number of nitrogens with zero attached hydrogens (tertiary/aromatic N) is 2. The summed E-state index contributed by atoms with van der Waals surface area (Å²) in [6.07, 6.45) is 20.6. The Morgan fingerprint density at radius 3 is 1.44 bits per heavy atom. The van der Waals surface area contributed by atoms with Gasteiger partial charge in [0.25, 0.3) is 0 Å². The van der Waals surface area contributed by atoms with E-state index in [-0.39, 0.29) is 16.2 Å². The zero-order valence-electron chi connectivity index (χ0n) is 36.2. The Bertz CT molecular complexity index is 2800. The van der Waals surface area contributed by atoms with Gasteiger partial charge in [0.15, 0.2) is 6.71 Å². The van der Waals surface area contributed by atoms with Gasteiger partial charge >= 0.3 is 0 Å². The molecule has 5 aliphatic heterocycles. The molecule has 3 saturated heterocycles. The van der Waals surface area contributed by atoms with E-state index in [1.54, 1.807) is 16.7 Å². The Hall–Kier alpha value is -5.80. The molecule has 6 unspecified atom stereocenters. The van der Waals surface area contributed by atoms with E-state index in [0.717, 1.165) is 0 Å². The molecule has 2 nitrogen and oxygen atoms in total. The molecule has 0 amide bonds. The van der Waals surface area contributed by atoms with Gasteiger partial charge in [-0.25, -0.2) is 0 Å². The van der Waals surface area contributed by atoms with Crippen LogP contribution in [-0.2, 0) is 5.41 Å². The van der Waals surface area contributed by atoms with Gasteiger partial charge in [0.1, 0.15) is 0 Å². The fourth-order valence-electron chi connectivity index (χ4n) is 15.1. The third-order valence-corrected chi connectivity index (χ3v) is 17.5. The van der Waals surface area contributed by atoms with Crippen molar-refractivity contribution in [3.05, 3.63) is 221 Å². The molecule has 3 fully saturated rings. The molecule has 6 atom stereocenters. The molecule has 0 N–H and O–H groups in total. The predicted octanol–water partition coefficient (Wildman–Crippen LogP) is 14.7. The largest absolute Gasteiger partial charge is 0.310 e. The Morgan fingerprint density at radius 1 is 0.459 bits per heavy atom. The fourth-order valence-corrected chi connectivity index (χ4v) is 15.1. The molecule has 1 spiro atoms. The van der Waals surface area contributed by atoms with Crippen molar-refractivity contribution in [2.45, 2.75) is 64.4 Å². The number of rotatable bonds is 2. The Labute approximate surface area is 362 Å². The molecule has 0 aromatic heterocycles. The van der Waals surface area contributed by atoms with Crippen LogP contribution in [0.4, 0.5) is 28.4 Å². The van der Waals surface area contributed by atoms with Crippen molar-refractivity contribution in [2.75, 3.05) is 9.80 Å². The first-order valence-electron chi connectivity index (χ1n) is 22.8. The first-order valence-corrected chi connectivity index (χ1v) is 22.8. The highest BCUT2D eigenvalue weighted by molar-refractivity contribution is 6.68. The number of hydrogen-bond donors (Lipinski definition) is 0. The van der Waals surface area contributed by atoms with Gasteiger partial charge < -0.3 is 9.80 Å². The lowest BCUT2D eigenvalue weighted by Crippen LogP contribution is -2.63. The molecule has 5 heterocycles. The summed E-state index contributed by atoms with van der Waals surface area (Å²) in [5, 5.41) is 0. The van der Waals surface area contributed by atoms with Crippen molar-refractivity contribution in [3.8, 4) is 0 Å². The number of benzene rings is 5. The zero-order chi connectivity index (χ0) is 41.2. The standard InChI is InChI=1S/C58H53BN2/c1-55(2)42-26-18-28-44-52(42)59-53-43(55)27-19-29-45(53)57(5,6)47-35-37(34-46(54(47)59)56(44,3)4)61-50-32-16-12-24-40(50)58(41-25-13-17-33-51(41)61)38-22-10-14-30-48(38)60(36-20-8-7-9-21-36)49-31-15-11-23-39(49)58/h7-35,44-46,52-54H,1-6H3. The number of allylic oxidation sites excluding steroid dienone is 11. The molecule has 8 aliphatic rings. The number of anilines is 5. The average molecular weight is 789 g/mol. The van der Waals surface area contributed by atoms with Gasteiger partial charge in [-0.15, -0.1) is 0 Å². The van der Waals surface area contributed by atoms with Crippen molar-refractivity contribution in [1.82, 2.24) is 0 Å². The monoisotopic (exact) mass is 788 g/mol. The molecule has 0 bridgehead atoms. The quantitative estimate of drug-likeness (QED) is 0.161. The second kappa shape index (κ2) is 12.0. The van der Waals surface area contributed by atoms with Crippen molar-refractivity contribution in [3.63, 3.8) is 0 Å². The van der Waals surface area contributed by atoms with E-state index in [1.165, 1.54) is 56.4 Å². The van der Waals surface area contributed by atoms with Crippen LogP contribution in [0.15, 0.2) is 198 Å². The molecular weight excluding hydrogens is 735 g/mol. The maximum absolute atomic E-state index is 2.76. The minimum atomic E-state index is -0.540. The van der Waals surface area contributed by atoms with Crippen molar-refractivity contribution in [2.24, 2.45) is 34.0 Å². The van der Waals surface area contributed by atoms with E-state index in [1.807, 2.05) is 0 Å². The van der Waals surface area contributed by atoms with Gasteiger partial charge in [-0.1, -0.05) is 192 Å². The smallest absolute Gasteiger partial charge is 0.165 e. The lowest BCUT2D eigenvalue weighted by molar-refractivity contribution is 0.118. The first-order chi connectivity index (χ1) is 29.6. The Balaban J connectivity index is 1.06. The van der Waals surface area contributed by atoms with E-state index in [4.69, 9.17) is 0 Å². The number of para-hydroxylation sites is 5. The van der Waals surface area contributed by atoms with Gasteiger partial charge in [0.05, 0.1) is 28.2 Å². The lowest BCUT2D eigenvalue weighted by atomic mass is 9.10. The second-order valence-corrected chi connectivity index (χ2v) is 20.9. The molecule has 5 aromatic rings. The normalized spacial score (nSPS) is 28.9. The summed E-state index contributed by atoms with van der Waals surface area (Å²) in [4.78, 5) is 5.15. The molecule has 298 valence electrons. The highest BCUT2D eigenvalue weighted by atomic mass is 15.2. The average Bonchev–Trinajstić information content (AvgIpc) is 3.28. The molecule has 13 rings (SSSR count). The van der Waals surface area contributed by atoms with Gasteiger partial charge in [-0.05, 0) is 111 Å². The first kappa shape index (κ1) is 35.9. The minimum absolute atomic E-state index is 0.0114. The van der Waals surface area contributed by atoms with Crippen LogP contribution in [0.2, 0.25) is 17.5 Å². The topological polar surface area (TPSA) is 6.48 Å². The Kier molecular flexibility index (Phi) is 7.05. The van der Waals surface area contributed by atoms with Crippen LogP contribution >= 0.6 is 0 Å². The van der Waals surface area contributed by atoms with Crippen LogP contribution in [-0.4, -0.2) is 6.71 Å². The van der Waals surface area contributed by atoms with E-state index >= 15 is 0 Å². The third-order valence-electron chi connectivity index (χ3n) is 17.5. The predicted molar refractivity (Wildman–Crippen MR) is 255 cm³/mol. The van der Waals surface area contributed by atoms with Crippen LogP contribution < -0.4 is 9.80 Å². The van der Waals surface area contributed by atoms with Crippen LogP contribution in [0, 0.1) is 34.0 Å². The molecule has 5 aromatic carbocycles. The molecule has 3 aliphatic carbocycles. The summed E-state index contributed by atoms with van der Waals surface area (Å²) < 4.78 is 0. The zero-order valence-corrected chi connectivity index (χ0v) is 36.2. The van der Waals surface area contributed by atoms with Gasteiger partial charge in [-0.3, -0.25) is 0 Å². The molecule has 61 heavy (non-hydrogen) atoms. The summed E-state index contributed by atoms with van der Waals surface area (Å²) >= 11 is 0. The highest BCUT2D eigenvalue weighted by Crippen LogP contribution is 2.77. The highest BCUT2D eigenvalue weighted by Gasteiger charge is 2.69. The molecule has 0 saturated carbocycles. The number of fused-ring (bicyclic) bond motifs is 8. The lowest BCUT2D eigenvalue weighted by Gasteiger charge is -2.69. The summed E-state index contributed by atoms with van der Waals surface area (Å²) in [6, 6.07) is 48.0. The van der Waals surface area contributed by atoms with E-state index < -0.39 is 5.41 Å². The van der Waals surface area contributed by atoms with Crippen molar-refractivity contribution < 1.29 is 0 Å². The molecule has 0 radical (unpaired) electrons. The van der Waals surface area contributed by atoms with Crippen LogP contribution in [0.5, 0.6) is 0 Å². The summed E-state index contributed by atoms with van der Waals surface area (Å²) in [7, 11) is 0.